The SMILES string of the molecule is CCc1ccc(/C(C)=N/N)o1. The summed E-state index contributed by atoms with van der Waals surface area (Å²) in [4.78, 5) is 0. The molecule has 0 saturated heterocycles. The number of rotatable bonds is 2. The highest BCUT2D eigenvalue weighted by atomic mass is 16.3. The predicted octanol–water partition coefficient (Wildman–Crippen LogP) is 1.52. The average Bonchev–Trinajstić information content (AvgIpc) is 2.50. The minimum atomic E-state index is 0.727. The number of aryl methyl sites for hydroxylation is 1. The van der Waals surface area contributed by atoms with Crippen molar-refractivity contribution in [2.24, 2.45) is 10.9 Å². The van der Waals surface area contributed by atoms with Crippen LogP contribution in [-0.2, 0) is 6.42 Å². The molecule has 1 aromatic heterocycles. The Morgan fingerprint density at radius 1 is 1.64 bits per heavy atom. The summed E-state index contributed by atoms with van der Waals surface area (Å²) in [6.07, 6.45) is 0.901. The molecule has 2 N–H and O–H groups in total. The highest BCUT2D eigenvalue weighted by Gasteiger charge is 2.01. The van der Waals surface area contributed by atoms with Gasteiger partial charge in [0.15, 0.2) is 0 Å². The molecular weight excluding hydrogens is 140 g/mol. The largest absolute Gasteiger partial charge is 0.460 e. The molecule has 11 heavy (non-hydrogen) atoms. The van der Waals surface area contributed by atoms with Gasteiger partial charge in [0.1, 0.15) is 11.5 Å². The summed E-state index contributed by atoms with van der Waals surface area (Å²) in [5.74, 6) is 6.80. The molecule has 3 nitrogen and oxygen atoms in total. The molecule has 0 saturated carbocycles. The Labute approximate surface area is 65.9 Å². The van der Waals surface area contributed by atoms with Crippen molar-refractivity contribution in [3.05, 3.63) is 23.7 Å². The number of hydrogen-bond acceptors (Lipinski definition) is 3. The van der Waals surface area contributed by atoms with Gasteiger partial charge in [-0.1, -0.05) is 6.92 Å². The van der Waals surface area contributed by atoms with Crippen LogP contribution in [0.5, 0.6) is 0 Å². The van der Waals surface area contributed by atoms with E-state index in [1.54, 1.807) is 0 Å². The van der Waals surface area contributed by atoms with Gasteiger partial charge in [-0.05, 0) is 19.1 Å². The number of nitrogens with two attached hydrogens (primary N) is 1. The maximum atomic E-state index is 5.37. The van der Waals surface area contributed by atoms with Crippen LogP contribution in [0, 0.1) is 0 Å². The molecule has 1 rings (SSSR count). The summed E-state index contributed by atoms with van der Waals surface area (Å²) >= 11 is 0. The Morgan fingerprint density at radius 3 is 2.82 bits per heavy atom. The van der Waals surface area contributed by atoms with Crippen LogP contribution in [-0.4, -0.2) is 5.71 Å². The Bertz CT molecular complexity index is 263. The first-order chi connectivity index (χ1) is 5.27. The lowest BCUT2D eigenvalue weighted by Gasteiger charge is -1.91. The molecule has 0 unspecified atom stereocenters. The molecule has 0 radical (unpaired) electrons. The Morgan fingerprint density at radius 2 is 2.36 bits per heavy atom. The lowest BCUT2D eigenvalue weighted by Crippen LogP contribution is -1.95. The normalized spacial score (nSPS) is 12.0. The molecule has 0 aliphatic rings. The lowest BCUT2D eigenvalue weighted by atomic mass is 10.3. The van der Waals surface area contributed by atoms with Crippen LogP contribution < -0.4 is 5.84 Å². The molecule has 0 atom stereocenters. The van der Waals surface area contributed by atoms with Crippen LogP contribution in [0.2, 0.25) is 0 Å². The van der Waals surface area contributed by atoms with Crippen LogP contribution in [0.15, 0.2) is 21.7 Å². The number of hydrogen-bond donors (Lipinski definition) is 1. The zero-order valence-electron chi connectivity index (χ0n) is 6.79. The zero-order valence-corrected chi connectivity index (χ0v) is 6.79. The minimum Gasteiger partial charge on any atom is -0.460 e. The molecule has 3 heteroatoms. The van der Waals surface area contributed by atoms with Crippen molar-refractivity contribution in [3.8, 4) is 0 Å². The summed E-state index contributed by atoms with van der Waals surface area (Å²) < 4.78 is 5.37. The van der Waals surface area contributed by atoms with E-state index in [-0.39, 0.29) is 0 Å². The van der Waals surface area contributed by atoms with Gasteiger partial charge in [-0.3, -0.25) is 0 Å². The molecule has 1 heterocycles. The van der Waals surface area contributed by atoms with Gasteiger partial charge < -0.3 is 10.3 Å². The quantitative estimate of drug-likeness (QED) is 0.397. The van der Waals surface area contributed by atoms with E-state index in [1.807, 2.05) is 26.0 Å². The molecule has 0 fully saturated rings. The molecular formula is C8H12N2O. The van der Waals surface area contributed by atoms with Gasteiger partial charge in [0, 0.05) is 6.42 Å². The summed E-state index contributed by atoms with van der Waals surface area (Å²) in [5, 5.41) is 3.53. The van der Waals surface area contributed by atoms with Gasteiger partial charge in [-0.25, -0.2) is 0 Å². The van der Waals surface area contributed by atoms with Gasteiger partial charge in [-0.2, -0.15) is 5.10 Å². The topological polar surface area (TPSA) is 51.5 Å². The third-order valence-electron chi connectivity index (χ3n) is 1.56. The first kappa shape index (κ1) is 7.85. The van der Waals surface area contributed by atoms with E-state index in [0.717, 1.165) is 23.7 Å². The van der Waals surface area contributed by atoms with Crippen LogP contribution >= 0.6 is 0 Å². The van der Waals surface area contributed by atoms with E-state index in [1.165, 1.54) is 0 Å². The molecule has 0 aliphatic carbocycles. The van der Waals surface area contributed by atoms with Crippen molar-refractivity contribution in [2.45, 2.75) is 20.3 Å². The highest BCUT2D eigenvalue weighted by Crippen LogP contribution is 2.08. The molecule has 0 aliphatic heterocycles. The number of furan rings is 1. The van der Waals surface area contributed by atoms with E-state index >= 15 is 0 Å². The van der Waals surface area contributed by atoms with Gasteiger partial charge in [-0.15, -0.1) is 0 Å². The fourth-order valence-corrected chi connectivity index (χ4v) is 0.826. The fraction of sp³-hybridized carbons (Fsp3) is 0.375. The van der Waals surface area contributed by atoms with Crippen molar-refractivity contribution in [1.82, 2.24) is 0 Å². The summed E-state index contributed by atoms with van der Waals surface area (Å²) in [5.41, 5.74) is 0.727. The zero-order chi connectivity index (χ0) is 8.27. The van der Waals surface area contributed by atoms with Crippen molar-refractivity contribution in [3.63, 3.8) is 0 Å². The standard InChI is InChI=1S/C8H12N2O/c1-3-7-4-5-8(11-7)6(2)10-9/h4-5H,3,9H2,1-2H3/b10-6+. The van der Waals surface area contributed by atoms with Gasteiger partial charge >= 0.3 is 0 Å². The van der Waals surface area contributed by atoms with Crippen LogP contribution in [0.1, 0.15) is 25.4 Å². The average molecular weight is 152 g/mol. The van der Waals surface area contributed by atoms with Crippen LogP contribution in [0.25, 0.3) is 0 Å². The molecule has 60 valence electrons. The second kappa shape index (κ2) is 3.23. The van der Waals surface area contributed by atoms with E-state index in [9.17, 15) is 0 Å². The minimum absolute atomic E-state index is 0.727. The number of nitrogens with zero attached hydrogens (tertiary/aromatic N) is 1. The van der Waals surface area contributed by atoms with Crippen molar-refractivity contribution >= 4 is 5.71 Å². The second-order valence-electron chi connectivity index (χ2n) is 2.33. The van der Waals surface area contributed by atoms with Crippen LogP contribution in [0.3, 0.4) is 0 Å². The van der Waals surface area contributed by atoms with Crippen molar-refractivity contribution < 1.29 is 4.42 Å². The van der Waals surface area contributed by atoms with E-state index in [4.69, 9.17) is 10.3 Å². The Hall–Kier alpha value is -1.25. The van der Waals surface area contributed by atoms with E-state index in [2.05, 4.69) is 5.10 Å². The molecule has 0 aromatic carbocycles. The highest BCUT2D eigenvalue weighted by molar-refractivity contribution is 5.95. The van der Waals surface area contributed by atoms with Crippen molar-refractivity contribution in [1.29, 1.82) is 0 Å². The second-order valence-corrected chi connectivity index (χ2v) is 2.33. The molecule has 0 bridgehead atoms. The third-order valence-corrected chi connectivity index (χ3v) is 1.56. The lowest BCUT2D eigenvalue weighted by molar-refractivity contribution is 0.507. The molecule has 0 amide bonds. The monoisotopic (exact) mass is 152 g/mol. The third kappa shape index (κ3) is 1.61. The number of hydrazone groups is 1. The summed E-state index contributed by atoms with van der Waals surface area (Å²) in [6, 6.07) is 3.81. The smallest absolute Gasteiger partial charge is 0.149 e. The first-order valence-electron chi connectivity index (χ1n) is 3.61. The van der Waals surface area contributed by atoms with E-state index < -0.39 is 0 Å². The van der Waals surface area contributed by atoms with Gasteiger partial charge in [0.05, 0.1) is 5.71 Å². The molecule has 0 spiro atoms. The van der Waals surface area contributed by atoms with Crippen LogP contribution in [0.4, 0.5) is 0 Å². The fourth-order valence-electron chi connectivity index (χ4n) is 0.826. The maximum Gasteiger partial charge on any atom is 0.149 e. The summed E-state index contributed by atoms with van der Waals surface area (Å²) in [6.45, 7) is 3.86. The Balaban J connectivity index is 2.89. The predicted molar refractivity (Wildman–Crippen MR) is 44.5 cm³/mol. The Kier molecular flexibility index (Phi) is 2.31. The van der Waals surface area contributed by atoms with Gasteiger partial charge in [0.25, 0.3) is 0 Å². The van der Waals surface area contributed by atoms with E-state index in [0.29, 0.717) is 0 Å². The maximum absolute atomic E-state index is 5.37. The molecule has 1 aromatic rings. The van der Waals surface area contributed by atoms with Crippen molar-refractivity contribution in [2.75, 3.05) is 0 Å². The first-order valence-corrected chi connectivity index (χ1v) is 3.61. The van der Waals surface area contributed by atoms with Gasteiger partial charge in [0.2, 0.25) is 0 Å². The summed E-state index contributed by atoms with van der Waals surface area (Å²) in [7, 11) is 0.